The number of hydrogen-bond acceptors (Lipinski definition) is 7. The lowest BCUT2D eigenvalue weighted by Gasteiger charge is -2.32. The summed E-state index contributed by atoms with van der Waals surface area (Å²) in [6, 6.07) is 5.38. The van der Waals surface area contributed by atoms with Gasteiger partial charge in [-0.05, 0) is 71.4 Å². The van der Waals surface area contributed by atoms with Crippen LogP contribution in [0.4, 0.5) is 0 Å². The van der Waals surface area contributed by atoms with Gasteiger partial charge in [0.1, 0.15) is 18.3 Å². The van der Waals surface area contributed by atoms with Crippen molar-refractivity contribution in [2.24, 2.45) is 11.7 Å². The zero-order valence-corrected chi connectivity index (χ0v) is 23.6. The topological polar surface area (TPSA) is 128 Å². The van der Waals surface area contributed by atoms with Crippen LogP contribution in [-0.2, 0) is 9.53 Å². The van der Waals surface area contributed by atoms with Gasteiger partial charge in [-0.2, -0.15) is 5.26 Å². The first-order valence-electron chi connectivity index (χ1n) is 14.2. The first-order valence-corrected chi connectivity index (χ1v) is 14.2. The highest BCUT2D eigenvalue weighted by Gasteiger charge is 2.26. The largest absolute Gasteiger partial charge is 0.490 e. The van der Waals surface area contributed by atoms with E-state index in [1.807, 2.05) is 26.8 Å². The summed E-state index contributed by atoms with van der Waals surface area (Å²) in [7, 11) is 0. The van der Waals surface area contributed by atoms with Crippen LogP contribution in [0.15, 0.2) is 18.3 Å². The fourth-order valence-electron chi connectivity index (χ4n) is 5.37. The molecular formula is C31H38N4O5. The van der Waals surface area contributed by atoms with Gasteiger partial charge in [-0.3, -0.25) is 9.59 Å². The molecule has 2 aromatic rings. The van der Waals surface area contributed by atoms with Crippen molar-refractivity contribution in [3.05, 3.63) is 29.5 Å². The second kappa shape index (κ2) is 13.5. The molecule has 1 aromatic heterocycles. The maximum atomic E-state index is 12.4. The predicted octanol–water partition coefficient (Wildman–Crippen LogP) is 4.35. The van der Waals surface area contributed by atoms with Crippen molar-refractivity contribution in [2.45, 2.75) is 84.0 Å². The van der Waals surface area contributed by atoms with Crippen LogP contribution in [-0.4, -0.2) is 59.7 Å². The van der Waals surface area contributed by atoms with E-state index >= 15 is 0 Å². The molecule has 0 radical (unpaired) electrons. The molecule has 1 aliphatic heterocycles. The lowest BCUT2D eigenvalue weighted by molar-refractivity contribution is -0.132. The smallest absolute Gasteiger partial charge is 0.252 e. The normalized spacial score (nSPS) is 20.9. The van der Waals surface area contributed by atoms with Crippen molar-refractivity contribution in [1.29, 1.82) is 5.26 Å². The molecule has 1 unspecified atom stereocenters. The number of aromatic nitrogens is 1. The van der Waals surface area contributed by atoms with Crippen molar-refractivity contribution in [3.8, 4) is 29.5 Å². The van der Waals surface area contributed by atoms with Gasteiger partial charge < -0.3 is 24.8 Å². The van der Waals surface area contributed by atoms with Crippen LogP contribution in [0.1, 0.15) is 81.6 Å². The molecule has 2 heterocycles. The predicted molar refractivity (Wildman–Crippen MR) is 151 cm³/mol. The number of benzene rings is 1. The number of amides is 2. The van der Waals surface area contributed by atoms with Crippen molar-refractivity contribution in [3.63, 3.8) is 0 Å². The number of nitrogens with zero attached hydrogens (tertiary/aromatic N) is 3. The van der Waals surface area contributed by atoms with Gasteiger partial charge in [0.2, 0.25) is 11.8 Å². The van der Waals surface area contributed by atoms with E-state index < -0.39 is 5.91 Å². The van der Waals surface area contributed by atoms with Crippen LogP contribution in [0.25, 0.3) is 10.8 Å². The van der Waals surface area contributed by atoms with Gasteiger partial charge in [-0.25, -0.2) is 4.98 Å². The van der Waals surface area contributed by atoms with Crippen LogP contribution >= 0.6 is 0 Å². The monoisotopic (exact) mass is 546 g/mol. The minimum absolute atomic E-state index is 0.152. The number of pyridine rings is 1. The molecule has 1 aromatic carbocycles. The third-order valence-electron chi connectivity index (χ3n) is 7.31. The first-order chi connectivity index (χ1) is 19.3. The van der Waals surface area contributed by atoms with Crippen molar-refractivity contribution in [2.75, 3.05) is 19.7 Å². The molecule has 2 N–H and O–H groups in total. The molecule has 1 saturated heterocycles. The van der Waals surface area contributed by atoms with Crippen molar-refractivity contribution in [1.82, 2.24) is 9.88 Å². The van der Waals surface area contributed by atoms with Crippen molar-refractivity contribution >= 4 is 22.6 Å². The average molecular weight is 547 g/mol. The molecule has 1 atom stereocenters. The van der Waals surface area contributed by atoms with Gasteiger partial charge in [0.05, 0.1) is 35.9 Å². The minimum atomic E-state index is -0.594. The van der Waals surface area contributed by atoms with E-state index in [0.29, 0.717) is 47.2 Å². The Hall–Kier alpha value is -3.82. The molecule has 2 amide bonds. The molecule has 4 rings (SSSR count). The fourth-order valence-corrected chi connectivity index (χ4v) is 5.37. The third-order valence-corrected chi connectivity index (χ3v) is 7.31. The fraction of sp³-hybridized carbons (Fsp3) is 0.548. The van der Waals surface area contributed by atoms with Gasteiger partial charge in [-0.1, -0.05) is 11.8 Å². The summed E-state index contributed by atoms with van der Waals surface area (Å²) in [5.41, 5.74) is 6.69. The van der Waals surface area contributed by atoms with Gasteiger partial charge in [0, 0.05) is 36.0 Å². The molecule has 9 nitrogen and oxygen atoms in total. The number of rotatable bonds is 8. The molecule has 212 valence electrons. The van der Waals surface area contributed by atoms with E-state index in [-0.39, 0.29) is 36.0 Å². The molecule has 1 saturated carbocycles. The number of carbonyl (C=O) groups is 2. The number of likely N-dealkylation sites (tertiary alicyclic amines) is 1. The minimum Gasteiger partial charge on any atom is -0.490 e. The Labute approximate surface area is 236 Å². The standard InChI is InChI=1S/C31H38N4O5/c1-4-38-23-11-8-21(9-12-23)7-10-22-18-34-31(40-24-6-5-15-35(19-24)29(36)13-14-32)26-17-28(39-20(2)3)27(30(33)37)16-25(22)26/h16-18,20-21,23-24H,4-6,8-9,11-13,15,19H2,1-3H3,(H2,33,37). The molecule has 2 aliphatic rings. The summed E-state index contributed by atoms with van der Waals surface area (Å²) in [5, 5.41) is 10.3. The lowest BCUT2D eigenvalue weighted by atomic mass is 9.87. The SMILES string of the molecule is CCOC1CCC(C#Cc2cnc(OC3CCCN(C(=O)CC#N)C3)c3cc(OC(C)C)c(C(N)=O)cc23)CC1. The molecular weight excluding hydrogens is 508 g/mol. The Balaban J connectivity index is 1.68. The van der Waals surface area contributed by atoms with E-state index in [2.05, 4.69) is 16.8 Å². The van der Waals surface area contributed by atoms with Crippen molar-refractivity contribution < 1.29 is 23.8 Å². The number of primary amides is 1. The summed E-state index contributed by atoms with van der Waals surface area (Å²) in [5.74, 6) is 6.93. The summed E-state index contributed by atoms with van der Waals surface area (Å²) >= 11 is 0. The van der Waals surface area contributed by atoms with Gasteiger partial charge in [0.25, 0.3) is 5.91 Å². The summed E-state index contributed by atoms with van der Waals surface area (Å²) in [4.78, 5) is 31.0. The first kappa shape index (κ1) is 29.2. The van der Waals surface area contributed by atoms with E-state index in [9.17, 15) is 9.59 Å². The summed E-state index contributed by atoms with van der Waals surface area (Å²) in [6.45, 7) is 7.48. The molecule has 9 heteroatoms. The van der Waals surface area contributed by atoms with Gasteiger partial charge in [0.15, 0.2) is 0 Å². The maximum Gasteiger partial charge on any atom is 0.252 e. The second-order valence-corrected chi connectivity index (χ2v) is 10.7. The number of hydrogen-bond donors (Lipinski definition) is 1. The Bertz CT molecular complexity index is 1330. The van der Waals surface area contributed by atoms with E-state index in [1.54, 1.807) is 23.2 Å². The molecule has 1 aliphatic carbocycles. The second-order valence-electron chi connectivity index (χ2n) is 10.7. The number of nitriles is 1. The van der Waals surface area contributed by atoms with Crippen LogP contribution in [0.3, 0.4) is 0 Å². The molecule has 2 fully saturated rings. The quantitative estimate of drug-likeness (QED) is 0.488. The average Bonchev–Trinajstić information content (AvgIpc) is 2.93. The number of carbonyl (C=O) groups excluding carboxylic acids is 2. The van der Waals surface area contributed by atoms with E-state index in [0.717, 1.165) is 45.1 Å². The van der Waals surface area contributed by atoms with Crippen LogP contribution in [0.5, 0.6) is 11.6 Å². The molecule has 40 heavy (non-hydrogen) atoms. The Morgan fingerprint density at radius 2 is 1.93 bits per heavy atom. The highest BCUT2D eigenvalue weighted by molar-refractivity contribution is 6.03. The van der Waals surface area contributed by atoms with E-state index in [1.165, 1.54) is 0 Å². The van der Waals surface area contributed by atoms with Gasteiger partial charge >= 0.3 is 0 Å². The van der Waals surface area contributed by atoms with Gasteiger partial charge in [-0.15, -0.1) is 0 Å². The van der Waals surface area contributed by atoms with Crippen LogP contribution in [0, 0.1) is 29.1 Å². The highest BCUT2D eigenvalue weighted by atomic mass is 16.5. The Kier molecular flexibility index (Phi) is 9.84. The van der Waals surface area contributed by atoms with E-state index in [4.69, 9.17) is 25.2 Å². The van der Waals surface area contributed by atoms with Crippen LogP contribution < -0.4 is 15.2 Å². The Morgan fingerprint density at radius 3 is 2.60 bits per heavy atom. The Morgan fingerprint density at radius 1 is 1.15 bits per heavy atom. The molecule has 0 spiro atoms. The number of nitrogens with two attached hydrogens (primary N) is 1. The lowest BCUT2D eigenvalue weighted by Crippen LogP contribution is -2.44. The summed E-state index contributed by atoms with van der Waals surface area (Å²) in [6.07, 6.45) is 6.83. The summed E-state index contributed by atoms with van der Waals surface area (Å²) < 4.78 is 18.1. The third kappa shape index (κ3) is 7.22. The number of ether oxygens (including phenoxy) is 3. The number of fused-ring (bicyclic) bond motifs is 1. The maximum absolute atomic E-state index is 12.4. The number of piperidine rings is 1. The van der Waals surface area contributed by atoms with Crippen LogP contribution in [0.2, 0.25) is 0 Å². The zero-order chi connectivity index (χ0) is 28.6. The highest BCUT2D eigenvalue weighted by Crippen LogP contribution is 2.35. The molecule has 0 bridgehead atoms. The zero-order valence-electron chi connectivity index (χ0n) is 23.6.